The van der Waals surface area contributed by atoms with Gasteiger partial charge in [0.25, 0.3) is 0 Å². The van der Waals surface area contributed by atoms with Crippen molar-refractivity contribution >= 4 is 39.3 Å². The lowest BCUT2D eigenvalue weighted by molar-refractivity contribution is -0.683. The lowest BCUT2D eigenvalue weighted by atomic mass is 10.0. The van der Waals surface area contributed by atoms with Crippen molar-refractivity contribution in [1.29, 1.82) is 0 Å². The largest absolute Gasteiger partial charge is 0.289 e. The van der Waals surface area contributed by atoms with Gasteiger partial charge in [-0.05, 0) is 10.8 Å². The summed E-state index contributed by atoms with van der Waals surface area (Å²) in [4.78, 5) is 25.3. The highest BCUT2D eigenvalue weighted by molar-refractivity contribution is 8.93. The highest BCUT2D eigenvalue weighted by Crippen LogP contribution is 2.19. The van der Waals surface area contributed by atoms with Crippen molar-refractivity contribution in [2.45, 2.75) is 6.54 Å². The average Bonchev–Trinajstić information content (AvgIpc) is 2.74. The van der Waals surface area contributed by atoms with Gasteiger partial charge in [0.1, 0.15) is 0 Å². The fraction of sp³-hybridized carbons (Fsp3) is 0.0417. The van der Waals surface area contributed by atoms with E-state index in [1.165, 1.54) is 0 Å². The summed E-state index contributed by atoms with van der Waals surface area (Å²) in [5.74, 6) is 0.0158. The summed E-state index contributed by atoms with van der Waals surface area (Å²) >= 11 is 0. The molecule has 138 valence electrons. The minimum absolute atomic E-state index is 0. The molecule has 0 aliphatic heterocycles. The Bertz CT molecular complexity index is 1120. The van der Waals surface area contributed by atoms with Crippen molar-refractivity contribution in [2.24, 2.45) is 0 Å². The summed E-state index contributed by atoms with van der Waals surface area (Å²) in [6, 6.07) is 26.3. The van der Waals surface area contributed by atoms with Crippen LogP contribution < -0.4 is 4.57 Å². The highest BCUT2D eigenvalue weighted by Gasteiger charge is 2.16. The molecular weight excluding hydrogens is 414 g/mol. The SMILES string of the molecule is Br.O=C(c1ccccc1)c1cc[n+](CC(=O)c2cccc3ccccc23)cc1. The number of ketones is 2. The maximum absolute atomic E-state index is 12.8. The Labute approximate surface area is 174 Å². The average molecular weight is 433 g/mol. The number of benzene rings is 3. The Morgan fingerprint density at radius 1 is 0.679 bits per heavy atom. The third-order valence-electron chi connectivity index (χ3n) is 4.61. The molecule has 3 aromatic carbocycles. The van der Waals surface area contributed by atoms with E-state index in [0.29, 0.717) is 16.7 Å². The first-order valence-electron chi connectivity index (χ1n) is 8.82. The minimum atomic E-state index is -0.0249. The third kappa shape index (κ3) is 4.07. The minimum Gasteiger partial charge on any atom is -0.289 e. The fourth-order valence-corrected chi connectivity index (χ4v) is 3.19. The number of rotatable bonds is 5. The lowest BCUT2D eigenvalue weighted by Gasteiger charge is -2.04. The first kappa shape index (κ1) is 19.6. The predicted octanol–water partition coefficient (Wildman–Crippen LogP) is 4.82. The van der Waals surface area contributed by atoms with E-state index < -0.39 is 0 Å². The number of aromatic nitrogens is 1. The first-order valence-corrected chi connectivity index (χ1v) is 8.82. The Morgan fingerprint density at radius 2 is 1.29 bits per heavy atom. The standard InChI is InChI=1S/C24H18NO2.BrH/c26-23(22-12-6-10-18-7-4-5-11-21(18)22)17-25-15-13-20(14-16-25)24(27)19-8-2-1-3-9-19;/h1-16H,17H2;1H/q+1;. The van der Waals surface area contributed by atoms with Gasteiger partial charge in [-0.2, -0.15) is 4.57 Å². The quantitative estimate of drug-likeness (QED) is 0.334. The molecule has 1 aromatic heterocycles. The summed E-state index contributed by atoms with van der Waals surface area (Å²) in [6.45, 7) is 0.230. The van der Waals surface area contributed by atoms with E-state index in [9.17, 15) is 9.59 Å². The van der Waals surface area contributed by atoms with Crippen molar-refractivity contribution in [1.82, 2.24) is 0 Å². The summed E-state index contributed by atoms with van der Waals surface area (Å²) in [6.07, 6.45) is 3.55. The number of halogens is 1. The van der Waals surface area contributed by atoms with Gasteiger partial charge in [0.2, 0.25) is 12.3 Å². The van der Waals surface area contributed by atoms with E-state index in [2.05, 4.69) is 0 Å². The van der Waals surface area contributed by atoms with Crippen LogP contribution in [0, 0.1) is 0 Å². The van der Waals surface area contributed by atoms with Crippen LogP contribution in [0.2, 0.25) is 0 Å². The monoisotopic (exact) mass is 432 g/mol. The Morgan fingerprint density at radius 3 is 2.04 bits per heavy atom. The number of pyridine rings is 1. The maximum Gasteiger partial charge on any atom is 0.228 e. The van der Waals surface area contributed by atoms with E-state index in [1.807, 2.05) is 60.7 Å². The first-order chi connectivity index (χ1) is 13.2. The zero-order valence-electron chi connectivity index (χ0n) is 15.1. The topological polar surface area (TPSA) is 38.0 Å². The second-order valence-corrected chi connectivity index (χ2v) is 6.40. The molecule has 0 unspecified atom stereocenters. The number of Topliss-reactive ketones (excluding diaryl/α,β-unsaturated/α-hetero) is 1. The molecule has 4 aromatic rings. The fourth-order valence-electron chi connectivity index (χ4n) is 3.19. The molecule has 0 aliphatic rings. The molecule has 4 rings (SSSR count). The van der Waals surface area contributed by atoms with Crippen molar-refractivity contribution in [3.63, 3.8) is 0 Å². The molecule has 4 heteroatoms. The zero-order chi connectivity index (χ0) is 18.6. The van der Waals surface area contributed by atoms with Crippen LogP contribution in [0.5, 0.6) is 0 Å². The van der Waals surface area contributed by atoms with Gasteiger partial charge in [0.05, 0.1) is 0 Å². The van der Waals surface area contributed by atoms with Crippen LogP contribution in [-0.2, 0) is 6.54 Å². The number of hydrogen-bond acceptors (Lipinski definition) is 2. The smallest absolute Gasteiger partial charge is 0.228 e. The normalized spacial score (nSPS) is 10.3. The molecule has 0 saturated carbocycles. The lowest BCUT2D eigenvalue weighted by Crippen LogP contribution is -2.37. The van der Waals surface area contributed by atoms with Crippen molar-refractivity contribution in [2.75, 3.05) is 0 Å². The van der Waals surface area contributed by atoms with Crippen LogP contribution in [0.15, 0.2) is 97.3 Å². The molecular formula is C24H19BrNO2+. The Kier molecular flexibility index (Phi) is 6.12. The van der Waals surface area contributed by atoms with Crippen LogP contribution >= 0.6 is 17.0 Å². The van der Waals surface area contributed by atoms with E-state index in [0.717, 1.165) is 10.8 Å². The molecule has 28 heavy (non-hydrogen) atoms. The van der Waals surface area contributed by atoms with Crippen LogP contribution in [-0.4, -0.2) is 11.6 Å². The second kappa shape index (κ2) is 8.72. The molecule has 0 spiro atoms. The van der Waals surface area contributed by atoms with Gasteiger partial charge in [0, 0.05) is 28.8 Å². The number of carbonyl (C=O) groups excluding carboxylic acids is 2. The van der Waals surface area contributed by atoms with Gasteiger partial charge >= 0.3 is 0 Å². The van der Waals surface area contributed by atoms with Crippen molar-refractivity contribution in [3.05, 3.63) is 114 Å². The summed E-state index contributed by atoms with van der Waals surface area (Å²) in [5, 5.41) is 2.01. The van der Waals surface area contributed by atoms with Crippen molar-refractivity contribution in [3.8, 4) is 0 Å². The number of carbonyl (C=O) groups is 2. The van der Waals surface area contributed by atoms with Crippen LogP contribution in [0.3, 0.4) is 0 Å². The molecule has 0 saturated heterocycles. The molecule has 0 amide bonds. The predicted molar refractivity (Wildman–Crippen MR) is 115 cm³/mol. The maximum atomic E-state index is 12.8. The molecule has 0 N–H and O–H groups in total. The van der Waals surface area contributed by atoms with Gasteiger partial charge in [-0.25, -0.2) is 0 Å². The molecule has 1 heterocycles. The molecule has 0 radical (unpaired) electrons. The highest BCUT2D eigenvalue weighted by atomic mass is 79.9. The van der Waals surface area contributed by atoms with Gasteiger partial charge in [-0.15, -0.1) is 17.0 Å². The van der Waals surface area contributed by atoms with Gasteiger partial charge in [-0.1, -0.05) is 72.8 Å². The Hall–Kier alpha value is -3.11. The Balaban J connectivity index is 0.00000225. The van der Waals surface area contributed by atoms with E-state index >= 15 is 0 Å². The molecule has 0 fully saturated rings. The van der Waals surface area contributed by atoms with Crippen LogP contribution in [0.4, 0.5) is 0 Å². The van der Waals surface area contributed by atoms with E-state index in [4.69, 9.17) is 0 Å². The van der Waals surface area contributed by atoms with E-state index in [1.54, 1.807) is 41.2 Å². The second-order valence-electron chi connectivity index (χ2n) is 6.40. The van der Waals surface area contributed by atoms with Crippen LogP contribution in [0.1, 0.15) is 26.3 Å². The zero-order valence-corrected chi connectivity index (χ0v) is 16.8. The van der Waals surface area contributed by atoms with Crippen LogP contribution in [0.25, 0.3) is 10.8 Å². The van der Waals surface area contributed by atoms with Crippen molar-refractivity contribution < 1.29 is 14.2 Å². The number of fused-ring (bicyclic) bond motifs is 1. The van der Waals surface area contributed by atoms with E-state index in [-0.39, 0.29) is 35.1 Å². The summed E-state index contributed by atoms with van der Waals surface area (Å²) < 4.78 is 1.80. The molecule has 0 aliphatic carbocycles. The molecule has 0 bridgehead atoms. The molecule has 3 nitrogen and oxygen atoms in total. The number of nitrogens with zero attached hydrogens (tertiary/aromatic N) is 1. The van der Waals surface area contributed by atoms with Gasteiger partial charge < -0.3 is 0 Å². The van der Waals surface area contributed by atoms with Gasteiger partial charge in [-0.3, -0.25) is 9.59 Å². The summed E-state index contributed by atoms with van der Waals surface area (Å²) in [5.41, 5.74) is 1.97. The molecule has 0 atom stereocenters. The third-order valence-corrected chi connectivity index (χ3v) is 4.61. The summed E-state index contributed by atoms with van der Waals surface area (Å²) in [7, 11) is 0. The number of hydrogen-bond donors (Lipinski definition) is 0. The van der Waals surface area contributed by atoms with Gasteiger partial charge in [0.15, 0.2) is 18.2 Å².